The van der Waals surface area contributed by atoms with Crippen molar-refractivity contribution in [2.75, 3.05) is 6.54 Å². The number of nitrogens with zero attached hydrogens (tertiary/aromatic N) is 2. The Hall–Kier alpha value is -1.78. The van der Waals surface area contributed by atoms with E-state index in [-0.39, 0.29) is 0 Å². The van der Waals surface area contributed by atoms with Crippen molar-refractivity contribution >= 4 is 0 Å². The first-order valence-corrected chi connectivity index (χ1v) is 7.37. The van der Waals surface area contributed by atoms with Crippen molar-refractivity contribution in [2.45, 2.75) is 32.9 Å². The van der Waals surface area contributed by atoms with Gasteiger partial charge < -0.3 is 10.4 Å². The van der Waals surface area contributed by atoms with Gasteiger partial charge >= 0.3 is 0 Å². The van der Waals surface area contributed by atoms with E-state index in [9.17, 15) is 5.11 Å². The number of nitrogens with one attached hydrogen (secondary N) is 1. The van der Waals surface area contributed by atoms with Crippen molar-refractivity contribution in [3.05, 3.63) is 59.7 Å². The predicted molar refractivity (Wildman–Crippen MR) is 83.7 cm³/mol. The fourth-order valence-corrected chi connectivity index (χ4v) is 2.22. The molecular weight excluding hydrogens is 262 g/mol. The van der Waals surface area contributed by atoms with Crippen LogP contribution in [0.15, 0.2) is 42.9 Å². The average molecular weight is 285 g/mol. The smallest absolute Gasteiger partial charge is 0.115 e. The maximum absolute atomic E-state index is 10.2. The molecule has 112 valence electrons. The molecule has 2 N–H and O–H groups in total. The van der Waals surface area contributed by atoms with Crippen LogP contribution in [0.4, 0.5) is 0 Å². The highest BCUT2D eigenvalue weighted by molar-refractivity contribution is 5.24. The number of benzene rings is 1. The van der Waals surface area contributed by atoms with Gasteiger partial charge in [0.15, 0.2) is 0 Å². The minimum absolute atomic E-state index is 0.500. The Labute approximate surface area is 126 Å². The van der Waals surface area contributed by atoms with E-state index in [2.05, 4.69) is 41.3 Å². The fourth-order valence-electron chi connectivity index (χ4n) is 2.22. The number of aromatic nitrogens is 2. The molecule has 0 bridgehead atoms. The molecule has 0 aliphatic rings. The van der Waals surface area contributed by atoms with Gasteiger partial charge in [-0.05, 0) is 29.5 Å². The zero-order valence-electron chi connectivity index (χ0n) is 12.7. The van der Waals surface area contributed by atoms with E-state index in [1.54, 1.807) is 6.20 Å². The number of aliphatic hydroxyl groups is 1. The van der Waals surface area contributed by atoms with Gasteiger partial charge in [-0.2, -0.15) is 0 Å². The van der Waals surface area contributed by atoms with Gasteiger partial charge in [-0.1, -0.05) is 38.1 Å². The van der Waals surface area contributed by atoms with Gasteiger partial charge in [-0.15, -0.1) is 0 Å². The SMILES string of the molecule is CC(C)Cc1ccc(C(O)CNCc2ccncn2)cc1. The van der Waals surface area contributed by atoms with Gasteiger partial charge in [0.1, 0.15) is 6.33 Å². The molecule has 1 unspecified atom stereocenters. The van der Waals surface area contributed by atoms with Gasteiger partial charge in [0, 0.05) is 19.3 Å². The second-order valence-electron chi connectivity index (χ2n) is 5.69. The van der Waals surface area contributed by atoms with E-state index in [1.807, 2.05) is 18.2 Å². The van der Waals surface area contributed by atoms with Crippen LogP contribution < -0.4 is 5.32 Å². The third-order valence-corrected chi connectivity index (χ3v) is 3.30. The first-order valence-electron chi connectivity index (χ1n) is 7.37. The van der Waals surface area contributed by atoms with Crippen molar-refractivity contribution in [1.82, 2.24) is 15.3 Å². The lowest BCUT2D eigenvalue weighted by atomic mass is 10.0. The lowest BCUT2D eigenvalue weighted by molar-refractivity contribution is 0.174. The molecule has 0 saturated carbocycles. The van der Waals surface area contributed by atoms with Crippen molar-refractivity contribution < 1.29 is 5.11 Å². The summed E-state index contributed by atoms with van der Waals surface area (Å²) in [5, 5.41) is 13.4. The number of hydrogen-bond donors (Lipinski definition) is 2. The molecule has 0 amide bonds. The highest BCUT2D eigenvalue weighted by Gasteiger charge is 2.07. The Balaban J connectivity index is 1.81. The van der Waals surface area contributed by atoms with Gasteiger partial charge in [0.25, 0.3) is 0 Å². The molecule has 0 aliphatic carbocycles. The van der Waals surface area contributed by atoms with Crippen molar-refractivity contribution in [3.8, 4) is 0 Å². The number of rotatable bonds is 7. The molecule has 0 spiro atoms. The Morgan fingerprint density at radius 2 is 1.90 bits per heavy atom. The van der Waals surface area contributed by atoms with E-state index in [4.69, 9.17) is 0 Å². The van der Waals surface area contributed by atoms with Crippen LogP contribution in [0.25, 0.3) is 0 Å². The van der Waals surface area contributed by atoms with Crippen molar-refractivity contribution in [1.29, 1.82) is 0 Å². The maximum atomic E-state index is 10.2. The Bertz CT molecular complexity index is 525. The van der Waals surface area contributed by atoms with Gasteiger partial charge in [0.2, 0.25) is 0 Å². The minimum atomic E-state index is -0.500. The van der Waals surface area contributed by atoms with E-state index >= 15 is 0 Å². The van der Waals surface area contributed by atoms with Crippen LogP contribution in [-0.4, -0.2) is 21.6 Å². The zero-order chi connectivity index (χ0) is 15.1. The van der Waals surface area contributed by atoms with Crippen LogP contribution in [0.5, 0.6) is 0 Å². The fraction of sp³-hybridized carbons (Fsp3) is 0.412. The van der Waals surface area contributed by atoms with Gasteiger partial charge in [0.05, 0.1) is 11.8 Å². The van der Waals surface area contributed by atoms with Crippen molar-refractivity contribution in [2.24, 2.45) is 5.92 Å². The van der Waals surface area contributed by atoms with Crippen LogP contribution in [0, 0.1) is 5.92 Å². The third-order valence-electron chi connectivity index (χ3n) is 3.30. The molecule has 21 heavy (non-hydrogen) atoms. The summed E-state index contributed by atoms with van der Waals surface area (Å²) in [4.78, 5) is 8.01. The minimum Gasteiger partial charge on any atom is -0.387 e. The molecule has 2 rings (SSSR count). The summed E-state index contributed by atoms with van der Waals surface area (Å²) in [6.07, 6.45) is 3.82. The molecule has 4 nitrogen and oxygen atoms in total. The molecule has 4 heteroatoms. The molecule has 2 aromatic rings. The van der Waals surface area contributed by atoms with Gasteiger partial charge in [-0.25, -0.2) is 9.97 Å². The highest BCUT2D eigenvalue weighted by Crippen LogP contribution is 2.15. The average Bonchev–Trinajstić information content (AvgIpc) is 2.48. The van der Waals surface area contributed by atoms with Crippen LogP contribution >= 0.6 is 0 Å². The van der Waals surface area contributed by atoms with E-state index < -0.39 is 6.10 Å². The van der Waals surface area contributed by atoms with Crippen LogP contribution in [0.2, 0.25) is 0 Å². The standard InChI is InChI=1S/C17H23N3O/c1-13(2)9-14-3-5-15(6-4-14)17(21)11-19-10-16-7-8-18-12-20-16/h3-8,12-13,17,19,21H,9-11H2,1-2H3. The lowest BCUT2D eigenvalue weighted by Gasteiger charge is -2.13. The third kappa shape index (κ3) is 5.25. The summed E-state index contributed by atoms with van der Waals surface area (Å²) < 4.78 is 0. The van der Waals surface area contributed by atoms with E-state index in [0.29, 0.717) is 19.0 Å². The Morgan fingerprint density at radius 1 is 1.14 bits per heavy atom. The quantitative estimate of drug-likeness (QED) is 0.820. The summed E-state index contributed by atoms with van der Waals surface area (Å²) in [6, 6.07) is 10.1. The predicted octanol–water partition coefficient (Wildman–Crippen LogP) is 2.50. The van der Waals surface area contributed by atoms with E-state index in [0.717, 1.165) is 17.7 Å². The first-order chi connectivity index (χ1) is 10.1. The van der Waals surface area contributed by atoms with Crippen LogP contribution in [-0.2, 0) is 13.0 Å². The summed E-state index contributed by atoms with van der Waals surface area (Å²) in [7, 11) is 0. The summed E-state index contributed by atoms with van der Waals surface area (Å²) in [5.41, 5.74) is 3.18. The molecule has 1 aromatic carbocycles. The summed E-state index contributed by atoms with van der Waals surface area (Å²) >= 11 is 0. The van der Waals surface area contributed by atoms with Gasteiger partial charge in [-0.3, -0.25) is 0 Å². The highest BCUT2D eigenvalue weighted by atomic mass is 16.3. The Kier molecular flexibility index (Phi) is 5.84. The van der Waals surface area contributed by atoms with Crippen LogP contribution in [0.3, 0.4) is 0 Å². The molecule has 0 saturated heterocycles. The number of hydrogen-bond acceptors (Lipinski definition) is 4. The molecule has 0 fully saturated rings. The summed E-state index contributed by atoms with van der Waals surface area (Å²) in [6.45, 7) is 5.55. The molecule has 0 radical (unpaired) electrons. The molecule has 1 aromatic heterocycles. The van der Waals surface area contributed by atoms with E-state index in [1.165, 1.54) is 11.9 Å². The molecular formula is C17H23N3O. The topological polar surface area (TPSA) is 58.0 Å². The molecule has 1 atom stereocenters. The summed E-state index contributed by atoms with van der Waals surface area (Å²) in [5.74, 6) is 0.648. The lowest BCUT2D eigenvalue weighted by Crippen LogP contribution is -2.21. The first kappa shape index (κ1) is 15.6. The molecule has 0 aliphatic heterocycles. The second-order valence-corrected chi connectivity index (χ2v) is 5.69. The maximum Gasteiger partial charge on any atom is 0.115 e. The molecule has 1 heterocycles. The Morgan fingerprint density at radius 3 is 2.52 bits per heavy atom. The normalized spacial score (nSPS) is 12.6. The second kappa shape index (κ2) is 7.86. The monoisotopic (exact) mass is 285 g/mol. The largest absolute Gasteiger partial charge is 0.387 e. The van der Waals surface area contributed by atoms with Crippen LogP contribution in [0.1, 0.15) is 36.8 Å². The van der Waals surface area contributed by atoms with Crippen molar-refractivity contribution in [3.63, 3.8) is 0 Å². The number of aliphatic hydroxyl groups excluding tert-OH is 1. The zero-order valence-corrected chi connectivity index (χ0v) is 12.7.